The van der Waals surface area contributed by atoms with E-state index >= 15 is 0 Å². The number of likely N-dealkylation sites (N-methyl/N-ethyl adjacent to an activating group) is 1. The molecule has 2 aliphatic heterocycles. The van der Waals surface area contributed by atoms with Gasteiger partial charge >= 0.3 is 0 Å². The first-order chi connectivity index (χ1) is 34.0. The van der Waals surface area contributed by atoms with Crippen LogP contribution in [0.1, 0.15) is 54.9 Å². The van der Waals surface area contributed by atoms with Crippen LogP contribution in [0.3, 0.4) is 0 Å². The van der Waals surface area contributed by atoms with Crippen LogP contribution in [-0.4, -0.2) is 163 Å². The highest BCUT2D eigenvalue weighted by molar-refractivity contribution is 6.04. The summed E-state index contributed by atoms with van der Waals surface area (Å²) in [5, 5.41) is 11.1. The number of amides is 2. The second kappa shape index (κ2) is 23.0. The lowest BCUT2D eigenvalue weighted by Crippen LogP contribution is -2.55. The van der Waals surface area contributed by atoms with Gasteiger partial charge in [-0.05, 0) is 31.4 Å². The molecule has 1 aliphatic carbocycles. The van der Waals surface area contributed by atoms with Gasteiger partial charge in [-0.1, -0.05) is 19.8 Å². The smallest absolute Gasteiger partial charge is 0.256 e. The number of carbonyl (C=O) groups is 2. The van der Waals surface area contributed by atoms with Gasteiger partial charge in [0.2, 0.25) is 23.7 Å². The average Bonchev–Trinajstić information content (AvgIpc) is 4.18. The van der Waals surface area contributed by atoms with Gasteiger partial charge in [-0.15, -0.1) is 5.10 Å². The maximum atomic E-state index is 14.3. The lowest BCUT2D eigenvalue weighted by Gasteiger charge is -2.43. The number of nitrogens with two attached hydrogens (primary N) is 2. The minimum absolute atomic E-state index is 0.0433. The standard InChI is InChI=1S/C46H64FN15O8/c1-6-35-44(64)59(3)36-23-50-45(55-41(36)62(35)28-9-7-8-10-28)53-33-12-11-30(39(49)63)29(38(33)65-4)13-15-67-17-19-69-21-22-70-20-18-68-16-14-61-26-34(43(57-61)66-5)52-40-37-42(58(2)27-51-37)56-46(54-40)60-24-31(47)32(48)25-60/h11-12,23,26-28,31-32,35H,6-10,13-22,24-25,48H2,1-5H3,(H2,49,63)(H,50,53,55)(H,52,54,56)/t31-,32-,35-/m1/s1. The number of fused-ring (bicyclic) bond motifs is 2. The number of aryl methyl sites for hydroxylation is 1. The molecule has 1 aromatic carbocycles. The summed E-state index contributed by atoms with van der Waals surface area (Å²) in [6.45, 7) is 5.71. The zero-order valence-electron chi connectivity index (χ0n) is 40.4. The molecule has 2 fully saturated rings. The van der Waals surface area contributed by atoms with Gasteiger partial charge in [0.15, 0.2) is 22.8 Å². The van der Waals surface area contributed by atoms with Crippen molar-refractivity contribution >= 4 is 63.6 Å². The van der Waals surface area contributed by atoms with Gasteiger partial charge in [-0.2, -0.15) is 15.0 Å². The van der Waals surface area contributed by atoms with Crippen molar-refractivity contribution in [1.82, 2.24) is 39.3 Å². The molecule has 0 unspecified atom stereocenters. The Labute approximate surface area is 405 Å². The largest absolute Gasteiger partial charge is 0.494 e. The normalized spacial score (nSPS) is 18.3. The highest BCUT2D eigenvalue weighted by Crippen LogP contribution is 2.41. The van der Waals surface area contributed by atoms with Crippen molar-refractivity contribution in [2.24, 2.45) is 18.5 Å². The molecular formula is C46H64FN15O8. The number of alkyl halides is 1. The van der Waals surface area contributed by atoms with Crippen molar-refractivity contribution in [2.45, 2.75) is 76.3 Å². The maximum Gasteiger partial charge on any atom is 0.256 e. The SMILES string of the molecule is CC[C@@H]1C(=O)N(C)c2cnc(Nc3ccc(C(N)=O)c(CCOCCOCCOCCOCCn4cc(Nc5nc(N6C[C@@H](N)[C@H](F)C6)nc6c5ncn6C)c(OC)n4)c3OC)nc2N1C1CCCC1. The van der Waals surface area contributed by atoms with Crippen LogP contribution in [0.5, 0.6) is 11.6 Å². The van der Waals surface area contributed by atoms with Crippen LogP contribution in [0.4, 0.5) is 45.0 Å². The third-order valence-corrected chi connectivity index (χ3v) is 12.8. The van der Waals surface area contributed by atoms with Crippen LogP contribution < -0.4 is 46.3 Å². The molecule has 24 heteroatoms. The van der Waals surface area contributed by atoms with Gasteiger partial charge < -0.3 is 69.8 Å². The monoisotopic (exact) mass is 974 g/mol. The lowest BCUT2D eigenvalue weighted by atomic mass is 10.0. The van der Waals surface area contributed by atoms with E-state index in [1.807, 2.05) is 14.0 Å². The summed E-state index contributed by atoms with van der Waals surface area (Å²) in [4.78, 5) is 54.7. The van der Waals surface area contributed by atoms with Gasteiger partial charge in [0.25, 0.3) is 5.88 Å². The molecule has 0 spiro atoms. The summed E-state index contributed by atoms with van der Waals surface area (Å²) < 4.78 is 52.2. The summed E-state index contributed by atoms with van der Waals surface area (Å²) in [5.74, 6) is 2.08. The Bertz CT molecular complexity index is 2580. The molecule has 378 valence electrons. The minimum atomic E-state index is -1.17. The first-order valence-electron chi connectivity index (χ1n) is 23.7. The van der Waals surface area contributed by atoms with Crippen LogP contribution in [0.25, 0.3) is 11.2 Å². The fourth-order valence-electron chi connectivity index (χ4n) is 9.16. The second-order valence-corrected chi connectivity index (χ2v) is 17.4. The number of rotatable bonds is 25. The molecule has 1 saturated heterocycles. The Hall–Kier alpha value is -6.47. The van der Waals surface area contributed by atoms with Crippen LogP contribution in [0.15, 0.2) is 30.9 Å². The van der Waals surface area contributed by atoms with E-state index in [2.05, 4.69) is 40.6 Å². The van der Waals surface area contributed by atoms with Crippen LogP contribution in [0.2, 0.25) is 0 Å². The third kappa shape index (κ3) is 11.1. The summed E-state index contributed by atoms with van der Waals surface area (Å²) in [6, 6.07) is 2.69. The van der Waals surface area contributed by atoms with E-state index < -0.39 is 18.1 Å². The lowest BCUT2D eigenvalue weighted by molar-refractivity contribution is -0.120. The molecule has 70 heavy (non-hydrogen) atoms. The van der Waals surface area contributed by atoms with E-state index in [1.54, 1.807) is 57.0 Å². The molecule has 1 saturated carbocycles. The van der Waals surface area contributed by atoms with Crippen molar-refractivity contribution in [1.29, 1.82) is 0 Å². The second-order valence-electron chi connectivity index (χ2n) is 17.4. The summed E-state index contributed by atoms with van der Waals surface area (Å²) in [7, 11) is 6.65. The van der Waals surface area contributed by atoms with Crippen molar-refractivity contribution in [3.63, 3.8) is 0 Å². The number of carbonyl (C=O) groups excluding carboxylic acids is 2. The number of halogens is 1. The first kappa shape index (κ1) is 49.9. The van der Waals surface area contributed by atoms with Gasteiger partial charge in [0.05, 0.1) is 111 Å². The van der Waals surface area contributed by atoms with E-state index in [4.69, 9.17) is 44.9 Å². The third-order valence-electron chi connectivity index (χ3n) is 12.8. The Morgan fingerprint density at radius 2 is 1.60 bits per heavy atom. The summed E-state index contributed by atoms with van der Waals surface area (Å²) in [5.41, 5.74) is 15.6. The number of nitrogens with zero attached hydrogens (tertiary/aromatic N) is 11. The molecule has 4 aromatic heterocycles. The number of hydrogen-bond acceptors (Lipinski definition) is 19. The van der Waals surface area contributed by atoms with E-state index in [9.17, 15) is 14.0 Å². The molecule has 23 nitrogen and oxygen atoms in total. The summed E-state index contributed by atoms with van der Waals surface area (Å²) >= 11 is 0. The maximum absolute atomic E-state index is 14.3. The molecule has 6 heterocycles. The Morgan fingerprint density at radius 3 is 2.26 bits per heavy atom. The van der Waals surface area contributed by atoms with Crippen LogP contribution in [-0.2, 0) is 43.8 Å². The highest BCUT2D eigenvalue weighted by Gasteiger charge is 2.41. The molecule has 0 bridgehead atoms. The Kier molecular flexibility index (Phi) is 16.4. The topological polar surface area (TPSA) is 263 Å². The van der Waals surface area contributed by atoms with Gasteiger partial charge in [0.1, 0.15) is 29.3 Å². The molecule has 0 radical (unpaired) electrons. The van der Waals surface area contributed by atoms with Crippen LogP contribution >= 0.6 is 0 Å². The highest BCUT2D eigenvalue weighted by atomic mass is 19.1. The number of primary amides is 1. The van der Waals surface area contributed by atoms with E-state index in [0.29, 0.717) is 141 Å². The van der Waals surface area contributed by atoms with E-state index in [0.717, 1.165) is 31.5 Å². The quantitative estimate of drug-likeness (QED) is 0.0612. The molecule has 3 aliphatic rings. The molecule has 5 aromatic rings. The number of ether oxygens (including phenoxy) is 6. The van der Waals surface area contributed by atoms with Gasteiger partial charge in [-0.25, -0.2) is 14.4 Å². The molecule has 6 N–H and O–H groups in total. The molecule has 2 amide bonds. The van der Waals surface area contributed by atoms with Crippen molar-refractivity contribution < 1.29 is 42.4 Å². The zero-order chi connectivity index (χ0) is 49.3. The number of benzene rings is 1. The zero-order valence-corrected chi connectivity index (χ0v) is 40.4. The van der Waals surface area contributed by atoms with E-state index in [-0.39, 0.29) is 31.1 Å². The molecule has 8 rings (SSSR count). The number of aromatic nitrogens is 8. The van der Waals surface area contributed by atoms with Gasteiger partial charge in [0, 0.05) is 44.2 Å². The molecule has 3 atom stereocenters. The predicted molar refractivity (Wildman–Crippen MR) is 259 cm³/mol. The fourth-order valence-corrected chi connectivity index (χ4v) is 9.16. The first-order valence-corrected chi connectivity index (χ1v) is 23.7. The Balaban J connectivity index is 0.743. The van der Waals surface area contributed by atoms with Gasteiger partial charge in [-0.3, -0.25) is 14.3 Å². The van der Waals surface area contributed by atoms with Crippen molar-refractivity contribution in [3.05, 3.63) is 42.0 Å². The van der Waals surface area contributed by atoms with Crippen molar-refractivity contribution in [3.8, 4) is 11.6 Å². The fraction of sp³-hybridized carbons (Fsp3) is 0.565. The number of imidazole rings is 1. The predicted octanol–water partition coefficient (Wildman–Crippen LogP) is 3.25. The average molecular weight is 974 g/mol. The van der Waals surface area contributed by atoms with Crippen molar-refractivity contribution in [2.75, 3.05) is 113 Å². The number of nitrogens with one attached hydrogen (secondary N) is 2. The van der Waals surface area contributed by atoms with Crippen LogP contribution in [0, 0.1) is 0 Å². The van der Waals surface area contributed by atoms with E-state index in [1.165, 1.54) is 14.2 Å². The number of hydrogen-bond donors (Lipinski definition) is 4. The number of methoxy groups -OCH3 is 2. The molecular weight excluding hydrogens is 910 g/mol. The minimum Gasteiger partial charge on any atom is -0.494 e. The summed E-state index contributed by atoms with van der Waals surface area (Å²) in [6.07, 6.45) is 9.20. The Morgan fingerprint density at radius 1 is 0.886 bits per heavy atom. The number of anilines is 7.